The molecule has 0 aliphatic heterocycles. The summed E-state index contributed by atoms with van der Waals surface area (Å²) in [7, 11) is 0. The summed E-state index contributed by atoms with van der Waals surface area (Å²) in [4.78, 5) is 15.9. The van der Waals surface area contributed by atoms with Crippen molar-refractivity contribution in [3.8, 4) is 0 Å². The Balaban J connectivity index is 2.32. The molecule has 0 fully saturated rings. The maximum atomic E-state index is 11.8. The van der Waals surface area contributed by atoms with Crippen LogP contribution in [0, 0.1) is 13.8 Å². The summed E-state index contributed by atoms with van der Waals surface area (Å²) in [6, 6.07) is 4.11. The maximum absolute atomic E-state index is 11.8. The summed E-state index contributed by atoms with van der Waals surface area (Å²) >= 11 is 4.92. The lowest BCUT2D eigenvalue weighted by Gasteiger charge is -2.12. The third kappa shape index (κ3) is 3.19. The largest absolute Gasteiger partial charge is 0.461 e. The summed E-state index contributed by atoms with van der Waals surface area (Å²) < 4.78 is 5.95. The monoisotopic (exact) mass is 354 g/mol. The van der Waals surface area contributed by atoms with Crippen LogP contribution in [0.1, 0.15) is 28.5 Å². The highest BCUT2D eigenvalue weighted by Crippen LogP contribution is 2.33. The van der Waals surface area contributed by atoms with E-state index in [4.69, 9.17) is 4.74 Å². The normalized spacial score (nSPS) is 10.4. The van der Waals surface area contributed by atoms with Crippen LogP contribution < -0.4 is 5.32 Å². The number of thiazole rings is 1. The first kappa shape index (κ1) is 15.0. The number of benzene rings is 1. The van der Waals surface area contributed by atoms with Gasteiger partial charge < -0.3 is 10.1 Å². The molecule has 0 spiro atoms. The van der Waals surface area contributed by atoms with Crippen molar-refractivity contribution in [2.24, 2.45) is 0 Å². The summed E-state index contributed by atoms with van der Waals surface area (Å²) in [6.07, 6.45) is 0. The first-order valence-electron chi connectivity index (χ1n) is 6.17. The molecule has 2 aromatic rings. The van der Waals surface area contributed by atoms with Crippen molar-refractivity contribution in [3.05, 3.63) is 38.9 Å². The number of hydrogen-bond donors (Lipinski definition) is 1. The van der Waals surface area contributed by atoms with Crippen molar-refractivity contribution >= 4 is 43.9 Å². The molecule has 106 valence electrons. The van der Waals surface area contributed by atoms with Gasteiger partial charge in [0.1, 0.15) is 5.00 Å². The number of carbonyl (C=O) groups excluding carboxylic acids is 1. The van der Waals surface area contributed by atoms with E-state index in [1.54, 1.807) is 12.4 Å². The number of nitrogens with one attached hydrogen (secondary N) is 1. The molecule has 1 heterocycles. The molecule has 20 heavy (non-hydrogen) atoms. The number of esters is 1. The lowest BCUT2D eigenvalue weighted by Crippen LogP contribution is -2.07. The molecule has 6 heteroatoms. The molecule has 1 aromatic heterocycles. The van der Waals surface area contributed by atoms with Crippen LogP contribution in [0.25, 0.3) is 0 Å². The quantitative estimate of drug-likeness (QED) is 0.824. The number of hydrogen-bond acceptors (Lipinski definition) is 5. The highest BCUT2D eigenvalue weighted by molar-refractivity contribution is 9.10. The Hall–Kier alpha value is -1.40. The highest BCUT2D eigenvalue weighted by atomic mass is 79.9. The minimum Gasteiger partial charge on any atom is -0.461 e. The fourth-order valence-corrected chi connectivity index (χ4v) is 3.31. The second-order valence-corrected chi connectivity index (χ2v) is 6.02. The molecule has 1 N–H and O–H groups in total. The zero-order chi connectivity index (χ0) is 14.7. The van der Waals surface area contributed by atoms with Gasteiger partial charge in [0.25, 0.3) is 0 Å². The Morgan fingerprint density at radius 1 is 1.45 bits per heavy atom. The molecule has 0 amide bonds. The number of rotatable bonds is 4. The van der Waals surface area contributed by atoms with Crippen LogP contribution in [-0.2, 0) is 4.74 Å². The van der Waals surface area contributed by atoms with E-state index in [1.807, 2.05) is 19.9 Å². The molecule has 1 aromatic carbocycles. The van der Waals surface area contributed by atoms with Crippen LogP contribution in [0.4, 0.5) is 10.7 Å². The summed E-state index contributed by atoms with van der Waals surface area (Å²) in [5.41, 5.74) is 5.16. The van der Waals surface area contributed by atoms with E-state index in [0.29, 0.717) is 17.3 Å². The Morgan fingerprint density at radius 2 is 2.20 bits per heavy atom. The van der Waals surface area contributed by atoms with E-state index in [1.165, 1.54) is 16.9 Å². The smallest absolute Gasteiger partial charge is 0.360 e. The molecule has 0 radical (unpaired) electrons. The molecule has 0 atom stereocenters. The Kier molecular flexibility index (Phi) is 4.77. The lowest BCUT2D eigenvalue weighted by molar-refractivity contribution is 0.0521. The Bertz CT molecular complexity index is 617. The molecule has 0 saturated carbocycles. The van der Waals surface area contributed by atoms with Gasteiger partial charge in [0.15, 0.2) is 5.69 Å². The minimum absolute atomic E-state index is 0.323. The van der Waals surface area contributed by atoms with Crippen LogP contribution in [0.5, 0.6) is 0 Å². The molecule has 0 aliphatic rings. The van der Waals surface area contributed by atoms with Crippen LogP contribution in [-0.4, -0.2) is 17.6 Å². The first-order valence-corrected chi connectivity index (χ1v) is 7.84. The molecule has 0 saturated heterocycles. The highest BCUT2D eigenvalue weighted by Gasteiger charge is 2.17. The zero-order valence-electron chi connectivity index (χ0n) is 11.5. The predicted molar refractivity (Wildman–Crippen MR) is 85.0 cm³/mol. The SMILES string of the molecule is CCOC(=O)c1ncsc1Nc1c(C)cc(C)cc1Br. The van der Waals surface area contributed by atoms with Crippen LogP contribution >= 0.6 is 27.3 Å². The van der Waals surface area contributed by atoms with Gasteiger partial charge in [-0.2, -0.15) is 0 Å². The average molecular weight is 355 g/mol. The first-order chi connectivity index (χ1) is 9.52. The van der Waals surface area contributed by atoms with E-state index in [2.05, 4.69) is 32.3 Å². The third-order valence-corrected chi connectivity index (χ3v) is 4.07. The average Bonchev–Trinajstić information content (AvgIpc) is 2.82. The fraction of sp³-hybridized carbons (Fsp3) is 0.286. The number of carbonyl (C=O) groups is 1. The van der Waals surface area contributed by atoms with Crippen molar-refractivity contribution in [1.82, 2.24) is 4.98 Å². The van der Waals surface area contributed by atoms with Crippen molar-refractivity contribution in [2.75, 3.05) is 11.9 Å². The van der Waals surface area contributed by atoms with Gasteiger partial charge in [-0.1, -0.05) is 6.07 Å². The van der Waals surface area contributed by atoms with Crippen LogP contribution in [0.3, 0.4) is 0 Å². The van der Waals surface area contributed by atoms with Crippen LogP contribution in [0.2, 0.25) is 0 Å². The topological polar surface area (TPSA) is 51.2 Å². The van der Waals surface area contributed by atoms with E-state index in [-0.39, 0.29) is 0 Å². The van der Waals surface area contributed by atoms with Gasteiger partial charge in [-0.15, -0.1) is 11.3 Å². The second-order valence-electron chi connectivity index (χ2n) is 4.31. The number of aromatic nitrogens is 1. The van der Waals surface area contributed by atoms with Gasteiger partial charge in [-0.3, -0.25) is 0 Å². The number of anilines is 2. The standard InChI is InChI=1S/C14H15BrN2O2S/c1-4-19-14(18)12-13(20-7-16-12)17-11-9(3)5-8(2)6-10(11)15/h5-7,17H,4H2,1-3H3. The third-order valence-electron chi connectivity index (χ3n) is 2.71. The Morgan fingerprint density at radius 3 is 2.85 bits per heavy atom. The maximum Gasteiger partial charge on any atom is 0.360 e. The summed E-state index contributed by atoms with van der Waals surface area (Å²) in [6.45, 7) is 6.17. The van der Waals surface area contributed by atoms with E-state index < -0.39 is 5.97 Å². The predicted octanol–water partition coefficient (Wildman–Crippen LogP) is 4.44. The fourth-order valence-electron chi connectivity index (χ4n) is 1.87. The van der Waals surface area contributed by atoms with E-state index >= 15 is 0 Å². The van der Waals surface area contributed by atoms with Crippen molar-refractivity contribution in [2.45, 2.75) is 20.8 Å². The lowest BCUT2D eigenvalue weighted by atomic mass is 10.1. The van der Waals surface area contributed by atoms with Gasteiger partial charge in [0, 0.05) is 4.47 Å². The minimum atomic E-state index is -0.405. The zero-order valence-corrected chi connectivity index (χ0v) is 13.9. The van der Waals surface area contributed by atoms with Gasteiger partial charge in [-0.05, 0) is 53.9 Å². The molecule has 0 bridgehead atoms. The number of halogens is 1. The summed E-state index contributed by atoms with van der Waals surface area (Å²) in [5, 5.41) is 3.95. The van der Waals surface area contributed by atoms with E-state index in [0.717, 1.165) is 15.7 Å². The number of nitrogens with zero attached hydrogens (tertiary/aromatic N) is 1. The number of ether oxygens (including phenoxy) is 1. The van der Waals surface area contributed by atoms with E-state index in [9.17, 15) is 4.79 Å². The van der Waals surface area contributed by atoms with Gasteiger partial charge in [0.05, 0.1) is 17.8 Å². The van der Waals surface area contributed by atoms with Crippen molar-refractivity contribution in [3.63, 3.8) is 0 Å². The molecule has 4 nitrogen and oxygen atoms in total. The number of aryl methyl sites for hydroxylation is 2. The molecule has 0 aliphatic carbocycles. The van der Waals surface area contributed by atoms with Crippen LogP contribution in [0.15, 0.2) is 22.1 Å². The van der Waals surface area contributed by atoms with Gasteiger partial charge >= 0.3 is 5.97 Å². The summed E-state index contributed by atoms with van der Waals surface area (Å²) in [5.74, 6) is -0.405. The molecular formula is C14H15BrN2O2S. The molecular weight excluding hydrogens is 340 g/mol. The molecule has 2 rings (SSSR count). The molecule has 0 unspecified atom stereocenters. The van der Waals surface area contributed by atoms with Gasteiger partial charge in [0.2, 0.25) is 0 Å². The van der Waals surface area contributed by atoms with Crippen molar-refractivity contribution in [1.29, 1.82) is 0 Å². The van der Waals surface area contributed by atoms with Crippen molar-refractivity contribution < 1.29 is 9.53 Å². The second kappa shape index (κ2) is 6.37. The Labute approximate surface area is 130 Å². The van der Waals surface area contributed by atoms with Gasteiger partial charge in [-0.25, -0.2) is 9.78 Å².